The van der Waals surface area contributed by atoms with E-state index in [1.165, 1.54) is 6.07 Å². The topological polar surface area (TPSA) is 96.1 Å². The van der Waals surface area contributed by atoms with Gasteiger partial charge in [-0.3, -0.25) is 5.41 Å². The molecule has 0 aliphatic rings. The molecular formula is C16H17N3O. The van der Waals surface area contributed by atoms with Crippen LogP contribution < -0.4 is 11.5 Å². The van der Waals surface area contributed by atoms with Crippen LogP contribution in [0.1, 0.15) is 22.3 Å². The first-order valence-corrected chi connectivity index (χ1v) is 6.24. The Morgan fingerprint density at radius 2 is 1.80 bits per heavy atom. The summed E-state index contributed by atoms with van der Waals surface area (Å²) in [5, 5.41) is 17.2. The first kappa shape index (κ1) is 13.8. The van der Waals surface area contributed by atoms with Gasteiger partial charge in [0.2, 0.25) is 0 Å². The van der Waals surface area contributed by atoms with E-state index >= 15 is 0 Å². The average Bonchev–Trinajstić information content (AvgIpc) is 2.46. The van der Waals surface area contributed by atoms with Gasteiger partial charge in [-0.25, -0.2) is 0 Å². The van der Waals surface area contributed by atoms with E-state index in [2.05, 4.69) is 0 Å². The summed E-state index contributed by atoms with van der Waals surface area (Å²) < 4.78 is 0. The summed E-state index contributed by atoms with van der Waals surface area (Å²) >= 11 is 0. The molecule has 0 fully saturated rings. The molecule has 102 valence electrons. The quantitative estimate of drug-likeness (QED) is 0.389. The first-order valence-electron chi connectivity index (χ1n) is 6.24. The maximum atomic E-state index is 9.88. The minimum absolute atomic E-state index is 0.0618. The normalized spacial score (nSPS) is 10.8. The molecule has 2 rings (SSSR count). The van der Waals surface area contributed by atoms with E-state index in [9.17, 15) is 5.11 Å². The monoisotopic (exact) mass is 267 g/mol. The van der Waals surface area contributed by atoms with Crippen LogP contribution in [0.2, 0.25) is 0 Å². The van der Waals surface area contributed by atoms with Gasteiger partial charge < -0.3 is 16.6 Å². The number of phenolic OH excluding ortho intramolecular Hbond substituents is 1. The Morgan fingerprint density at radius 1 is 1.10 bits per heavy atom. The van der Waals surface area contributed by atoms with E-state index < -0.39 is 0 Å². The van der Waals surface area contributed by atoms with Crippen molar-refractivity contribution in [2.75, 3.05) is 0 Å². The standard InChI is InChI=1S/C16H17N3O/c17-10-12-3-1-11(2-4-12)5-6-13-7-8-14(16(18)19)9-15(13)20/h1-9,20H,10,17H2,(H3,18,19)/b6-5+. The fourth-order valence-corrected chi connectivity index (χ4v) is 1.80. The fraction of sp³-hybridized carbons (Fsp3) is 0.0625. The highest BCUT2D eigenvalue weighted by Gasteiger charge is 2.01. The van der Waals surface area contributed by atoms with Crippen molar-refractivity contribution < 1.29 is 5.11 Å². The van der Waals surface area contributed by atoms with E-state index in [-0.39, 0.29) is 11.6 Å². The van der Waals surface area contributed by atoms with Gasteiger partial charge in [-0.1, -0.05) is 48.6 Å². The van der Waals surface area contributed by atoms with E-state index in [1.54, 1.807) is 12.1 Å². The third-order valence-electron chi connectivity index (χ3n) is 3.01. The largest absolute Gasteiger partial charge is 0.507 e. The van der Waals surface area contributed by atoms with E-state index in [4.69, 9.17) is 16.9 Å². The van der Waals surface area contributed by atoms with Crippen molar-refractivity contribution in [3.63, 3.8) is 0 Å². The Bertz CT molecular complexity index is 645. The summed E-state index contributed by atoms with van der Waals surface area (Å²) in [4.78, 5) is 0. The molecule has 0 aliphatic carbocycles. The Labute approximate surface area is 117 Å². The fourth-order valence-electron chi connectivity index (χ4n) is 1.80. The molecule has 0 saturated carbocycles. The summed E-state index contributed by atoms with van der Waals surface area (Å²) in [6, 6.07) is 12.8. The number of hydrogen-bond acceptors (Lipinski definition) is 3. The van der Waals surface area contributed by atoms with Crippen LogP contribution in [0, 0.1) is 5.41 Å². The molecule has 0 aliphatic heterocycles. The Hall–Kier alpha value is -2.59. The highest BCUT2D eigenvalue weighted by molar-refractivity contribution is 5.95. The lowest BCUT2D eigenvalue weighted by Crippen LogP contribution is -2.10. The lowest BCUT2D eigenvalue weighted by molar-refractivity contribution is 0.474. The Balaban J connectivity index is 2.20. The number of nitrogen functional groups attached to an aromatic ring is 1. The van der Waals surface area contributed by atoms with Gasteiger partial charge in [0, 0.05) is 17.7 Å². The summed E-state index contributed by atoms with van der Waals surface area (Å²) in [7, 11) is 0. The predicted molar refractivity (Wildman–Crippen MR) is 82.4 cm³/mol. The summed E-state index contributed by atoms with van der Waals surface area (Å²) in [5.74, 6) is 0.0423. The van der Waals surface area contributed by atoms with Crippen LogP contribution in [0.15, 0.2) is 42.5 Å². The van der Waals surface area contributed by atoms with Crippen LogP contribution in [0.4, 0.5) is 0 Å². The maximum absolute atomic E-state index is 9.88. The van der Waals surface area contributed by atoms with Gasteiger partial charge in [-0.05, 0) is 17.2 Å². The zero-order valence-corrected chi connectivity index (χ0v) is 11.0. The van der Waals surface area contributed by atoms with Crippen molar-refractivity contribution in [2.45, 2.75) is 6.54 Å². The van der Waals surface area contributed by atoms with Crippen molar-refractivity contribution in [1.82, 2.24) is 0 Å². The smallest absolute Gasteiger partial charge is 0.123 e. The molecule has 4 heteroatoms. The predicted octanol–water partition coefficient (Wildman–Crippen LogP) is 2.31. The number of nitrogens with two attached hydrogens (primary N) is 2. The molecule has 2 aromatic rings. The highest BCUT2D eigenvalue weighted by atomic mass is 16.3. The number of amidine groups is 1. The van der Waals surface area contributed by atoms with Crippen molar-refractivity contribution in [3.8, 4) is 5.75 Å². The Morgan fingerprint density at radius 3 is 2.35 bits per heavy atom. The third-order valence-corrected chi connectivity index (χ3v) is 3.01. The molecule has 0 bridgehead atoms. The van der Waals surface area contributed by atoms with Crippen LogP contribution in [-0.4, -0.2) is 10.9 Å². The zero-order valence-electron chi connectivity index (χ0n) is 11.0. The van der Waals surface area contributed by atoms with Crippen molar-refractivity contribution in [3.05, 3.63) is 64.7 Å². The summed E-state index contributed by atoms with van der Waals surface area (Å²) in [5.41, 5.74) is 14.2. The molecule has 0 radical (unpaired) electrons. The second-order valence-corrected chi connectivity index (χ2v) is 4.47. The average molecular weight is 267 g/mol. The van der Waals surface area contributed by atoms with Crippen molar-refractivity contribution >= 4 is 18.0 Å². The number of benzene rings is 2. The summed E-state index contributed by atoms with van der Waals surface area (Å²) in [6.45, 7) is 0.525. The van der Waals surface area contributed by atoms with E-state index in [0.717, 1.165) is 11.1 Å². The molecule has 0 aromatic heterocycles. The van der Waals surface area contributed by atoms with Gasteiger partial charge in [-0.2, -0.15) is 0 Å². The molecular weight excluding hydrogens is 250 g/mol. The molecule has 0 heterocycles. The number of rotatable bonds is 4. The minimum Gasteiger partial charge on any atom is -0.507 e. The SMILES string of the molecule is N=C(N)c1ccc(/C=C/c2ccc(CN)cc2)c(O)c1. The molecule has 0 saturated heterocycles. The second kappa shape index (κ2) is 6.04. The minimum atomic E-state index is -0.0618. The molecule has 0 spiro atoms. The first-order chi connectivity index (χ1) is 9.60. The molecule has 6 N–H and O–H groups in total. The van der Waals surface area contributed by atoms with Gasteiger partial charge in [0.15, 0.2) is 0 Å². The van der Waals surface area contributed by atoms with Crippen molar-refractivity contribution in [1.29, 1.82) is 5.41 Å². The third kappa shape index (κ3) is 3.24. The zero-order chi connectivity index (χ0) is 14.5. The number of nitrogens with one attached hydrogen (secondary N) is 1. The molecule has 4 nitrogen and oxygen atoms in total. The van der Waals surface area contributed by atoms with Gasteiger partial charge in [0.1, 0.15) is 11.6 Å². The highest BCUT2D eigenvalue weighted by Crippen LogP contribution is 2.21. The van der Waals surface area contributed by atoms with E-state index in [1.807, 2.05) is 36.4 Å². The molecule has 0 amide bonds. The van der Waals surface area contributed by atoms with Gasteiger partial charge in [0.05, 0.1) is 0 Å². The van der Waals surface area contributed by atoms with Crippen LogP contribution in [0.3, 0.4) is 0 Å². The van der Waals surface area contributed by atoms with Crippen LogP contribution in [-0.2, 0) is 6.54 Å². The van der Waals surface area contributed by atoms with Crippen molar-refractivity contribution in [2.24, 2.45) is 11.5 Å². The van der Waals surface area contributed by atoms with Gasteiger partial charge >= 0.3 is 0 Å². The van der Waals surface area contributed by atoms with Gasteiger partial charge in [0.25, 0.3) is 0 Å². The van der Waals surface area contributed by atoms with E-state index in [0.29, 0.717) is 17.7 Å². The lowest BCUT2D eigenvalue weighted by atomic mass is 10.1. The number of aromatic hydroxyl groups is 1. The molecule has 20 heavy (non-hydrogen) atoms. The number of phenols is 1. The maximum Gasteiger partial charge on any atom is 0.123 e. The molecule has 0 atom stereocenters. The second-order valence-electron chi connectivity index (χ2n) is 4.47. The Kier molecular flexibility index (Phi) is 4.17. The van der Waals surface area contributed by atoms with Crippen LogP contribution in [0.5, 0.6) is 5.75 Å². The van der Waals surface area contributed by atoms with Crippen LogP contribution in [0.25, 0.3) is 12.2 Å². The lowest BCUT2D eigenvalue weighted by Gasteiger charge is -2.03. The number of hydrogen-bond donors (Lipinski definition) is 4. The van der Waals surface area contributed by atoms with Gasteiger partial charge in [-0.15, -0.1) is 0 Å². The van der Waals surface area contributed by atoms with Crippen LogP contribution >= 0.6 is 0 Å². The molecule has 0 unspecified atom stereocenters. The molecule has 2 aromatic carbocycles. The summed E-state index contributed by atoms with van der Waals surface area (Å²) in [6.07, 6.45) is 3.72.